The Labute approximate surface area is 157 Å². The predicted molar refractivity (Wildman–Crippen MR) is 106 cm³/mol. The number of aromatic nitrogens is 3. The molecule has 0 saturated carbocycles. The molecule has 2 heterocycles. The second kappa shape index (κ2) is 6.79. The molecular formula is C14H11I2N3O2S. The van der Waals surface area contributed by atoms with Crippen molar-refractivity contribution >= 4 is 64.1 Å². The summed E-state index contributed by atoms with van der Waals surface area (Å²) in [5, 5.41) is 0. The smallest absolute Gasteiger partial charge is 0.170 e. The number of rotatable bonds is 4. The minimum atomic E-state index is 0.678. The molecule has 8 heteroatoms. The second-order valence-corrected chi connectivity index (χ2v) is 7.24. The minimum absolute atomic E-state index is 0.678. The zero-order valence-corrected chi connectivity index (χ0v) is 16.8. The summed E-state index contributed by atoms with van der Waals surface area (Å²) < 4.78 is 13.7. The van der Waals surface area contributed by atoms with Crippen molar-refractivity contribution in [2.24, 2.45) is 0 Å². The van der Waals surface area contributed by atoms with Crippen molar-refractivity contribution in [3.8, 4) is 22.8 Å². The van der Waals surface area contributed by atoms with Gasteiger partial charge in [-0.3, -0.25) is 3.97 Å². The predicted octanol–water partition coefficient (Wildman–Crippen LogP) is 4.57. The summed E-state index contributed by atoms with van der Waals surface area (Å²) in [7, 11) is 4.82. The number of ether oxygens (including phenoxy) is 2. The van der Waals surface area contributed by atoms with Crippen LogP contribution in [-0.2, 0) is 0 Å². The van der Waals surface area contributed by atoms with Gasteiger partial charge in [0.25, 0.3) is 0 Å². The van der Waals surface area contributed by atoms with E-state index < -0.39 is 0 Å². The first-order valence-electron chi connectivity index (χ1n) is 6.23. The van der Waals surface area contributed by atoms with Crippen molar-refractivity contribution < 1.29 is 9.47 Å². The Bertz CT molecular complexity index is 838. The minimum Gasteiger partial charge on any atom is -0.493 e. The highest BCUT2D eigenvalue weighted by molar-refractivity contribution is 14.2. The van der Waals surface area contributed by atoms with Gasteiger partial charge in [-0.1, -0.05) is 0 Å². The van der Waals surface area contributed by atoms with E-state index in [1.165, 1.54) is 0 Å². The van der Waals surface area contributed by atoms with Crippen LogP contribution in [0.4, 0.5) is 0 Å². The van der Waals surface area contributed by atoms with Gasteiger partial charge in [-0.25, -0.2) is 9.97 Å². The number of hydrogen-bond donors (Lipinski definition) is 0. The van der Waals surface area contributed by atoms with Crippen LogP contribution < -0.4 is 9.47 Å². The van der Waals surface area contributed by atoms with Gasteiger partial charge >= 0.3 is 0 Å². The van der Waals surface area contributed by atoms with Crippen LogP contribution in [0, 0.1) is 3.57 Å². The summed E-state index contributed by atoms with van der Waals surface area (Å²) in [6.07, 6.45) is 3.81. The van der Waals surface area contributed by atoms with Crippen molar-refractivity contribution in [2.75, 3.05) is 14.2 Å². The van der Waals surface area contributed by atoms with Crippen molar-refractivity contribution in [1.82, 2.24) is 13.9 Å². The maximum Gasteiger partial charge on any atom is 0.170 e. The molecule has 0 aliphatic rings. The molecule has 0 N–H and O–H groups in total. The molecule has 0 radical (unpaired) electrons. The Kier molecular flexibility index (Phi) is 4.97. The van der Waals surface area contributed by atoms with Crippen LogP contribution in [0.1, 0.15) is 0 Å². The second-order valence-electron chi connectivity index (χ2n) is 4.37. The van der Waals surface area contributed by atoms with Gasteiger partial charge in [0, 0.05) is 42.1 Å². The van der Waals surface area contributed by atoms with E-state index in [1.54, 1.807) is 29.5 Å². The van der Waals surface area contributed by atoms with Crippen LogP contribution in [0.5, 0.6) is 11.5 Å². The third-order valence-corrected chi connectivity index (χ3v) is 5.66. The number of nitrogens with zero attached hydrogens (tertiary/aromatic N) is 3. The van der Waals surface area contributed by atoms with Crippen molar-refractivity contribution in [1.29, 1.82) is 0 Å². The lowest BCUT2D eigenvalue weighted by molar-refractivity contribution is 0.355. The van der Waals surface area contributed by atoms with E-state index in [1.807, 2.05) is 28.4 Å². The van der Waals surface area contributed by atoms with Crippen LogP contribution in [0.25, 0.3) is 22.4 Å². The molecule has 22 heavy (non-hydrogen) atoms. The normalized spacial score (nSPS) is 10.9. The molecule has 1 aromatic carbocycles. The van der Waals surface area contributed by atoms with Gasteiger partial charge in [0.05, 0.1) is 29.7 Å². The summed E-state index contributed by atoms with van der Waals surface area (Å²) >= 11 is 4.51. The summed E-state index contributed by atoms with van der Waals surface area (Å²) in [6.45, 7) is 0. The molecule has 2 aromatic heterocycles. The van der Waals surface area contributed by atoms with E-state index >= 15 is 0 Å². The van der Waals surface area contributed by atoms with Crippen LogP contribution in [0.3, 0.4) is 0 Å². The molecule has 0 saturated heterocycles. The molecule has 0 amide bonds. The average Bonchev–Trinajstić information content (AvgIpc) is 2.89. The van der Waals surface area contributed by atoms with E-state index in [-0.39, 0.29) is 0 Å². The molecule has 0 unspecified atom stereocenters. The number of methoxy groups -OCH3 is 2. The van der Waals surface area contributed by atoms with Gasteiger partial charge in [0.1, 0.15) is 5.52 Å². The van der Waals surface area contributed by atoms with Gasteiger partial charge in [0.2, 0.25) is 0 Å². The molecular weight excluding hydrogens is 528 g/mol. The molecule has 0 spiro atoms. The number of fused-ring (bicyclic) bond motifs is 1. The first kappa shape index (κ1) is 16.1. The first-order valence-corrected chi connectivity index (χ1v) is 10.6. The monoisotopic (exact) mass is 539 g/mol. The SMILES string of the molecule is COc1ccc(-c2cnc3c(n2)c(I)cn3SI)cc1OC. The van der Waals surface area contributed by atoms with Crippen LogP contribution >= 0.6 is 52.9 Å². The largest absolute Gasteiger partial charge is 0.493 e. The van der Waals surface area contributed by atoms with Gasteiger partial charge in [-0.15, -0.1) is 0 Å². The fraction of sp³-hybridized carbons (Fsp3) is 0.143. The Morgan fingerprint density at radius 2 is 1.95 bits per heavy atom. The van der Waals surface area contributed by atoms with Gasteiger partial charge in [0.15, 0.2) is 17.1 Å². The zero-order chi connectivity index (χ0) is 15.7. The number of halogens is 2. The first-order chi connectivity index (χ1) is 10.7. The highest BCUT2D eigenvalue weighted by Crippen LogP contribution is 2.33. The highest BCUT2D eigenvalue weighted by atomic mass is 127. The van der Waals surface area contributed by atoms with E-state index in [0.717, 1.165) is 26.0 Å². The molecule has 3 aromatic rings. The van der Waals surface area contributed by atoms with Crippen LogP contribution in [0.15, 0.2) is 30.6 Å². The van der Waals surface area contributed by atoms with Gasteiger partial charge in [-0.05, 0) is 40.8 Å². The number of benzene rings is 1. The topological polar surface area (TPSA) is 49.2 Å². The Balaban J connectivity index is 2.12. The zero-order valence-electron chi connectivity index (χ0n) is 11.7. The molecule has 114 valence electrons. The lowest BCUT2D eigenvalue weighted by atomic mass is 10.1. The van der Waals surface area contributed by atoms with E-state index in [4.69, 9.17) is 14.5 Å². The van der Waals surface area contributed by atoms with E-state index in [2.05, 4.69) is 48.8 Å². The van der Waals surface area contributed by atoms with Gasteiger partial charge in [-0.2, -0.15) is 0 Å². The molecule has 0 fully saturated rings. The van der Waals surface area contributed by atoms with E-state index in [0.29, 0.717) is 11.5 Å². The summed E-state index contributed by atoms with van der Waals surface area (Å²) in [5.74, 6) is 1.37. The lowest BCUT2D eigenvalue weighted by Crippen LogP contribution is -1.93. The molecule has 0 aliphatic heterocycles. The maximum atomic E-state index is 5.35. The molecule has 3 rings (SSSR count). The van der Waals surface area contributed by atoms with Crippen molar-refractivity contribution in [3.05, 3.63) is 34.2 Å². The Morgan fingerprint density at radius 1 is 1.18 bits per heavy atom. The summed E-state index contributed by atoms with van der Waals surface area (Å²) in [6, 6.07) is 5.73. The average molecular weight is 539 g/mol. The fourth-order valence-electron chi connectivity index (χ4n) is 2.12. The van der Waals surface area contributed by atoms with Crippen LogP contribution in [-0.4, -0.2) is 28.2 Å². The third kappa shape index (κ3) is 2.87. The third-order valence-electron chi connectivity index (χ3n) is 3.17. The van der Waals surface area contributed by atoms with Crippen molar-refractivity contribution in [2.45, 2.75) is 0 Å². The Hall–Kier alpha value is -0.750. The lowest BCUT2D eigenvalue weighted by Gasteiger charge is -2.09. The quantitative estimate of drug-likeness (QED) is 0.456. The van der Waals surface area contributed by atoms with Crippen LogP contribution in [0.2, 0.25) is 0 Å². The molecule has 5 nitrogen and oxygen atoms in total. The van der Waals surface area contributed by atoms with E-state index in [9.17, 15) is 0 Å². The summed E-state index contributed by atoms with van der Waals surface area (Å²) in [4.78, 5) is 9.29. The highest BCUT2D eigenvalue weighted by Gasteiger charge is 2.13. The number of hydrogen-bond acceptors (Lipinski definition) is 5. The Morgan fingerprint density at radius 3 is 2.64 bits per heavy atom. The fourth-order valence-corrected chi connectivity index (χ4v) is 4.19. The van der Waals surface area contributed by atoms with Gasteiger partial charge < -0.3 is 9.47 Å². The summed E-state index contributed by atoms with van der Waals surface area (Å²) in [5.41, 5.74) is 3.52. The molecule has 0 bridgehead atoms. The molecule has 0 aliphatic carbocycles. The standard InChI is InChI=1S/C14H11I2N3O2S/c1-20-11-4-3-8(5-12(11)21-2)10-6-17-14-13(18-10)9(15)7-19(14)22-16/h3-7H,1-2H3. The maximum absolute atomic E-state index is 5.35. The van der Waals surface area contributed by atoms with Crippen molar-refractivity contribution in [3.63, 3.8) is 0 Å². The molecule has 0 atom stereocenters.